The lowest BCUT2D eigenvalue weighted by Gasteiger charge is -2.28. The minimum Gasteiger partial charge on any atom is -0.340 e. The quantitative estimate of drug-likeness (QED) is 0.313. The Balaban J connectivity index is 1.64. The first-order valence-corrected chi connectivity index (χ1v) is 14.7. The highest BCUT2D eigenvalue weighted by Gasteiger charge is 2.35. The van der Waals surface area contributed by atoms with E-state index in [1.807, 2.05) is 86.7 Å². The highest BCUT2D eigenvalue weighted by atomic mass is 32.2. The van der Waals surface area contributed by atoms with E-state index in [4.69, 9.17) is 12.2 Å². The van der Waals surface area contributed by atoms with Crippen molar-refractivity contribution in [2.45, 2.75) is 20.8 Å². The second-order valence-electron chi connectivity index (χ2n) is 9.41. The van der Waals surface area contributed by atoms with Crippen LogP contribution < -0.4 is 24.6 Å². The number of aromatic nitrogens is 1. The Hall–Kier alpha value is -3.72. The molecule has 0 bridgehead atoms. The standard InChI is InChI=1S/C31H25N3O2S3/c1-4-32-24-8-6-5-7-21(24)13-18-25(32)26-28(35)33(22-14-9-19(2)10-15-22)30(38-26)27-29(36)34(31(37)39-27)23-16-11-20(3)12-17-23/h5-18H,4H2,1-3H3/b26-25+,30-27-. The first kappa shape index (κ1) is 25.6. The van der Waals surface area contributed by atoms with Gasteiger partial charge < -0.3 is 4.90 Å². The number of amides is 1. The van der Waals surface area contributed by atoms with E-state index in [0.29, 0.717) is 30.7 Å². The van der Waals surface area contributed by atoms with Gasteiger partial charge in [0.15, 0.2) is 4.32 Å². The number of thiazole rings is 1. The monoisotopic (exact) mass is 567 g/mol. The van der Waals surface area contributed by atoms with E-state index in [9.17, 15) is 9.59 Å². The molecular weight excluding hydrogens is 543 g/mol. The van der Waals surface area contributed by atoms with E-state index in [0.717, 1.165) is 33.8 Å². The highest BCUT2D eigenvalue weighted by molar-refractivity contribution is 8.31. The molecule has 0 unspecified atom stereocenters. The Morgan fingerprint density at radius 3 is 2.13 bits per heavy atom. The number of thioether (sulfide) groups is 1. The fourth-order valence-corrected chi connectivity index (χ4v) is 7.45. The molecule has 194 valence electrons. The van der Waals surface area contributed by atoms with Gasteiger partial charge in [0, 0.05) is 12.2 Å². The number of nitrogens with zero attached hydrogens (tertiary/aromatic N) is 3. The fraction of sp³-hybridized carbons (Fsp3) is 0.129. The maximum atomic E-state index is 14.2. The molecule has 1 aromatic heterocycles. The van der Waals surface area contributed by atoms with Crippen molar-refractivity contribution in [3.8, 4) is 5.69 Å². The minimum absolute atomic E-state index is 0.156. The van der Waals surface area contributed by atoms with Crippen molar-refractivity contribution in [2.24, 2.45) is 0 Å². The van der Waals surface area contributed by atoms with Crippen LogP contribution in [0.3, 0.4) is 0 Å². The van der Waals surface area contributed by atoms with Gasteiger partial charge in [0.2, 0.25) is 0 Å². The van der Waals surface area contributed by atoms with E-state index in [2.05, 4.69) is 24.0 Å². The molecule has 3 aromatic carbocycles. The third-order valence-corrected chi connectivity index (χ3v) is 9.49. The number of likely N-dealkylation sites (N-methyl/N-ethyl adjacent to an activating group) is 1. The molecule has 0 spiro atoms. The summed E-state index contributed by atoms with van der Waals surface area (Å²) in [5, 5.41) is 0. The minimum atomic E-state index is -0.218. The summed E-state index contributed by atoms with van der Waals surface area (Å²) in [7, 11) is 0. The van der Waals surface area contributed by atoms with Crippen LogP contribution in [0.4, 0.5) is 11.4 Å². The van der Waals surface area contributed by atoms with Gasteiger partial charge in [0.05, 0.1) is 17.1 Å². The molecule has 0 aliphatic carbocycles. The first-order valence-electron chi connectivity index (χ1n) is 12.6. The molecule has 1 amide bonds. The molecule has 1 fully saturated rings. The topological polar surface area (TPSA) is 45.5 Å². The van der Waals surface area contributed by atoms with Crippen molar-refractivity contribution in [1.82, 2.24) is 4.57 Å². The lowest BCUT2D eigenvalue weighted by molar-refractivity contribution is -0.112. The number of aryl methyl sites for hydroxylation is 2. The van der Waals surface area contributed by atoms with Gasteiger partial charge in [-0.15, -0.1) is 11.3 Å². The molecule has 2 aliphatic heterocycles. The summed E-state index contributed by atoms with van der Waals surface area (Å²) >= 11 is 8.26. The summed E-state index contributed by atoms with van der Waals surface area (Å²) in [5.74, 6) is -0.218. The fourth-order valence-electron chi connectivity index (χ4n) is 4.83. The molecule has 6 rings (SSSR count). The smallest absolute Gasteiger partial charge is 0.275 e. The third kappa shape index (κ3) is 4.38. The average Bonchev–Trinajstić information content (AvgIpc) is 3.44. The van der Waals surface area contributed by atoms with Gasteiger partial charge >= 0.3 is 0 Å². The van der Waals surface area contributed by atoms with Gasteiger partial charge in [-0.2, -0.15) is 0 Å². The first-order chi connectivity index (χ1) is 18.9. The summed E-state index contributed by atoms with van der Waals surface area (Å²) in [4.78, 5) is 32.2. The molecule has 2 aliphatic rings. The molecule has 39 heavy (non-hydrogen) atoms. The number of anilines is 2. The molecule has 0 atom stereocenters. The van der Waals surface area contributed by atoms with E-state index in [1.54, 1.807) is 9.47 Å². The summed E-state index contributed by atoms with van der Waals surface area (Å²) in [6.07, 6.45) is 4.04. The Kier molecular flexibility index (Phi) is 6.62. The van der Waals surface area contributed by atoms with Gasteiger partial charge in [-0.1, -0.05) is 83.6 Å². The Morgan fingerprint density at radius 1 is 0.821 bits per heavy atom. The number of benzene rings is 3. The van der Waals surface area contributed by atoms with Crippen LogP contribution in [0.1, 0.15) is 23.6 Å². The average molecular weight is 568 g/mol. The SMILES string of the molecule is CCN1/C(=c2/s/c(=C3\SC(=S)N(c4ccc(C)cc4)C3=O)n(-c3ccc(C)cc3)c2=O)C=Cc2ccccc21. The van der Waals surface area contributed by atoms with E-state index in [-0.39, 0.29) is 11.5 Å². The molecular formula is C31H25N3O2S3. The van der Waals surface area contributed by atoms with Crippen LogP contribution in [-0.4, -0.2) is 21.3 Å². The number of fused-ring (bicyclic) bond motifs is 1. The molecule has 3 heterocycles. The lowest BCUT2D eigenvalue weighted by atomic mass is 10.1. The molecule has 0 saturated carbocycles. The number of carbonyl (C=O) groups excluding carboxylic acids is 1. The third-order valence-electron chi connectivity index (χ3n) is 6.83. The van der Waals surface area contributed by atoms with Gasteiger partial charge in [-0.05, 0) is 62.7 Å². The zero-order chi connectivity index (χ0) is 27.3. The second kappa shape index (κ2) is 10.1. The molecule has 1 saturated heterocycles. The summed E-state index contributed by atoms with van der Waals surface area (Å²) in [6, 6.07) is 23.7. The van der Waals surface area contributed by atoms with E-state index < -0.39 is 0 Å². The van der Waals surface area contributed by atoms with Crippen LogP contribution >= 0.6 is 35.3 Å². The summed E-state index contributed by atoms with van der Waals surface area (Å²) in [5.41, 5.74) is 6.46. The highest BCUT2D eigenvalue weighted by Crippen LogP contribution is 2.36. The van der Waals surface area contributed by atoms with Crippen molar-refractivity contribution < 1.29 is 4.79 Å². The van der Waals surface area contributed by atoms with Crippen molar-refractivity contribution >= 4 is 73.6 Å². The van der Waals surface area contributed by atoms with Crippen LogP contribution in [0.2, 0.25) is 0 Å². The molecule has 4 aromatic rings. The molecule has 5 nitrogen and oxygen atoms in total. The summed E-state index contributed by atoms with van der Waals surface area (Å²) < 4.78 is 3.28. The van der Waals surface area contributed by atoms with Crippen LogP contribution in [0.25, 0.3) is 22.4 Å². The summed E-state index contributed by atoms with van der Waals surface area (Å²) in [6.45, 7) is 6.78. The van der Waals surface area contributed by atoms with Crippen LogP contribution in [0, 0.1) is 13.8 Å². The molecule has 8 heteroatoms. The largest absolute Gasteiger partial charge is 0.340 e. The lowest BCUT2D eigenvalue weighted by Crippen LogP contribution is -2.36. The maximum Gasteiger partial charge on any atom is 0.275 e. The van der Waals surface area contributed by atoms with Crippen molar-refractivity contribution in [1.29, 1.82) is 0 Å². The van der Waals surface area contributed by atoms with Crippen molar-refractivity contribution in [2.75, 3.05) is 16.3 Å². The van der Waals surface area contributed by atoms with Crippen LogP contribution in [-0.2, 0) is 4.79 Å². The zero-order valence-electron chi connectivity index (χ0n) is 21.7. The Labute approximate surface area is 240 Å². The number of hydrogen-bond acceptors (Lipinski definition) is 6. The number of rotatable bonds is 3. The van der Waals surface area contributed by atoms with Crippen molar-refractivity contribution in [3.05, 3.63) is 115 Å². The normalized spacial score (nSPS) is 17.7. The number of para-hydroxylation sites is 1. The predicted molar refractivity (Wildman–Crippen MR) is 168 cm³/mol. The number of carbonyl (C=O) groups is 1. The number of hydrogen-bond donors (Lipinski definition) is 0. The molecule has 0 N–H and O–H groups in total. The number of thiocarbonyl (C=S) groups is 1. The van der Waals surface area contributed by atoms with Gasteiger partial charge in [0.1, 0.15) is 14.1 Å². The molecule has 0 radical (unpaired) electrons. The Bertz CT molecular complexity index is 1850. The van der Waals surface area contributed by atoms with Crippen LogP contribution in [0.15, 0.2) is 83.7 Å². The van der Waals surface area contributed by atoms with E-state index >= 15 is 0 Å². The predicted octanol–water partition coefficient (Wildman–Crippen LogP) is 5.35. The Morgan fingerprint density at radius 2 is 1.46 bits per heavy atom. The van der Waals surface area contributed by atoms with Crippen molar-refractivity contribution in [3.63, 3.8) is 0 Å². The maximum absolute atomic E-state index is 14.2. The zero-order valence-corrected chi connectivity index (χ0v) is 24.1. The van der Waals surface area contributed by atoms with Gasteiger partial charge in [0.25, 0.3) is 11.5 Å². The van der Waals surface area contributed by atoms with Gasteiger partial charge in [-0.25, -0.2) is 0 Å². The van der Waals surface area contributed by atoms with Crippen LogP contribution in [0.5, 0.6) is 0 Å². The van der Waals surface area contributed by atoms with Gasteiger partial charge in [-0.3, -0.25) is 19.1 Å². The van der Waals surface area contributed by atoms with E-state index in [1.165, 1.54) is 23.1 Å². The second-order valence-corrected chi connectivity index (χ2v) is 12.1.